The lowest BCUT2D eigenvalue weighted by Gasteiger charge is -2.10. The number of nitrogens with zero attached hydrogens (tertiary/aromatic N) is 5. The van der Waals surface area contributed by atoms with Gasteiger partial charge in [-0.15, -0.1) is 5.10 Å². The highest BCUT2D eigenvalue weighted by Crippen LogP contribution is 2.15. The number of benzene rings is 1. The van der Waals surface area contributed by atoms with E-state index in [0.29, 0.717) is 29.1 Å². The number of methoxy groups -OCH3 is 1. The molecule has 0 atom stereocenters. The molecular formula is C17H15N5O2. The van der Waals surface area contributed by atoms with Gasteiger partial charge in [0.2, 0.25) is 0 Å². The summed E-state index contributed by atoms with van der Waals surface area (Å²) in [5.74, 6) is 0.975. The van der Waals surface area contributed by atoms with Gasteiger partial charge in [-0.05, 0) is 24.6 Å². The molecule has 0 radical (unpaired) electrons. The third-order valence-electron chi connectivity index (χ3n) is 3.93. The van der Waals surface area contributed by atoms with Crippen LogP contribution in [0.3, 0.4) is 0 Å². The smallest absolute Gasteiger partial charge is 0.266 e. The largest absolute Gasteiger partial charge is 0.377 e. The summed E-state index contributed by atoms with van der Waals surface area (Å²) in [6, 6.07) is 9.60. The van der Waals surface area contributed by atoms with E-state index in [4.69, 9.17) is 4.74 Å². The zero-order valence-electron chi connectivity index (χ0n) is 13.3. The number of para-hydroxylation sites is 1. The zero-order valence-corrected chi connectivity index (χ0v) is 13.3. The number of pyridine rings is 1. The summed E-state index contributed by atoms with van der Waals surface area (Å²) in [5, 5.41) is 4.85. The lowest BCUT2D eigenvalue weighted by atomic mass is 10.2. The Morgan fingerprint density at radius 2 is 2.04 bits per heavy atom. The maximum absolute atomic E-state index is 12.9. The molecular weight excluding hydrogens is 306 g/mol. The first-order valence-electron chi connectivity index (χ1n) is 7.50. The van der Waals surface area contributed by atoms with Gasteiger partial charge in [-0.3, -0.25) is 9.36 Å². The van der Waals surface area contributed by atoms with E-state index in [0.717, 1.165) is 11.3 Å². The van der Waals surface area contributed by atoms with E-state index >= 15 is 0 Å². The molecule has 0 fully saturated rings. The summed E-state index contributed by atoms with van der Waals surface area (Å²) < 4.78 is 8.25. The van der Waals surface area contributed by atoms with Crippen molar-refractivity contribution in [2.75, 3.05) is 7.11 Å². The average Bonchev–Trinajstić information content (AvgIpc) is 2.99. The van der Waals surface area contributed by atoms with Crippen LogP contribution in [0.1, 0.15) is 11.4 Å². The maximum atomic E-state index is 12.9. The van der Waals surface area contributed by atoms with E-state index in [9.17, 15) is 4.79 Å². The van der Waals surface area contributed by atoms with Crippen LogP contribution in [0.15, 0.2) is 47.5 Å². The summed E-state index contributed by atoms with van der Waals surface area (Å²) >= 11 is 0. The Morgan fingerprint density at radius 1 is 1.21 bits per heavy atom. The molecule has 4 aromatic rings. The van der Waals surface area contributed by atoms with Crippen LogP contribution >= 0.6 is 0 Å². The Hall–Kier alpha value is -3.06. The molecule has 7 heteroatoms. The molecule has 0 amide bonds. The maximum Gasteiger partial charge on any atom is 0.266 e. The van der Waals surface area contributed by atoms with Gasteiger partial charge in [-0.1, -0.05) is 18.2 Å². The van der Waals surface area contributed by atoms with E-state index in [1.165, 1.54) is 0 Å². The van der Waals surface area contributed by atoms with Crippen molar-refractivity contribution in [3.05, 3.63) is 64.5 Å². The van der Waals surface area contributed by atoms with Gasteiger partial charge in [-0.2, -0.15) is 9.50 Å². The molecule has 0 saturated heterocycles. The predicted octanol–water partition coefficient (Wildman–Crippen LogP) is 1.88. The first kappa shape index (κ1) is 14.5. The lowest BCUT2D eigenvalue weighted by Crippen LogP contribution is -2.19. The normalized spacial score (nSPS) is 11.4. The summed E-state index contributed by atoms with van der Waals surface area (Å²) in [4.78, 5) is 21.4. The van der Waals surface area contributed by atoms with Crippen molar-refractivity contribution >= 4 is 16.7 Å². The molecule has 0 aliphatic rings. The summed E-state index contributed by atoms with van der Waals surface area (Å²) in [7, 11) is 1.58. The van der Waals surface area contributed by atoms with Crippen molar-refractivity contribution in [2.45, 2.75) is 13.5 Å². The van der Waals surface area contributed by atoms with Crippen LogP contribution in [0.25, 0.3) is 22.4 Å². The van der Waals surface area contributed by atoms with E-state index in [1.807, 2.05) is 37.3 Å². The van der Waals surface area contributed by atoms with Crippen LogP contribution in [-0.2, 0) is 11.3 Å². The van der Waals surface area contributed by atoms with E-state index < -0.39 is 0 Å². The molecule has 24 heavy (non-hydrogen) atoms. The molecule has 4 rings (SSSR count). The van der Waals surface area contributed by atoms with Gasteiger partial charge in [-0.25, -0.2) is 4.98 Å². The topological polar surface area (TPSA) is 74.3 Å². The minimum atomic E-state index is -0.139. The quantitative estimate of drug-likeness (QED) is 0.576. The zero-order chi connectivity index (χ0) is 16.7. The molecule has 3 heterocycles. The van der Waals surface area contributed by atoms with Gasteiger partial charge in [0.15, 0.2) is 5.82 Å². The molecule has 0 aliphatic heterocycles. The minimum Gasteiger partial charge on any atom is -0.377 e. The van der Waals surface area contributed by atoms with Crippen molar-refractivity contribution in [1.82, 2.24) is 24.1 Å². The minimum absolute atomic E-state index is 0.139. The van der Waals surface area contributed by atoms with Crippen LogP contribution in [0, 0.1) is 6.92 Å². The number of ether oxygens (including phenoxy) is 1. The molecule has 0 bridgehead atoms. The van der Waals surface area contributed by atoms with E-state index in [2.05, 4.69) is 15.1 Å². The van der Waals surface area contributed by atoms with E-state index in [-0.39, 0.29) is 5.56 Å². The van der Waals surface area contributed by atoms with Gasteiger partial charge < -0.3 is 4.74 Å². The van der Waals surface area contributed by atoms with Crippen molar-refractivity contribution < 1.29 is 4.74 Å². The highest BCUT2D eigenvalue weighted by molar-refractivity contribution is 5.79. The Kier molecular flexibility index (Phi) is 3.35. The molecule has 0 N–H and O–H groups in total. The van der Waals surface area contributed by atoms with Crippen LogP contribution in [0.5, 0.6) is 0 Å². The third kappa shape index (κ3) is 2.17. The Balaban J connectivity index is 1.99. The predicted molar refractivity (Wildman–Crippen MR) is 89.3 cm³/mol. The second kappa shape index (κ2) is 5.54. The molecule has 0 spiro atoms. The van der Waals surface area contributed by atoms with Gasteiger partial charge in [0.1, 0.15) is 6.61 Å². The Bertz CT molecular complexity index is 1110. The Morgan fingerprint density at radius 3 is 2.83 bits per heavy atom. The summed E-state index contributed by atoms with van der Waals surface area (Å²) in [6.45, 7) is 2.27. The van der Waals surface area contributed by atoms with Crippen LogP contribution in [0.4, 0.5) is 0 Å². The van der Waals surface area contributed by atoms with Crippen molar-refractivity contribution in [1.29, 1.82) is 0 Å². The second-order valence-electron chi connectivity index (χ2n) is 5.51. The third-order valence-corrected chi connectivity index (χ3v) is 3.93. The van der Waals surface area contributed by atoms with Gasteiger partial charge in [0.05, 0.1) is 16.6 Å². The lowest BCUT2D eigenvalue weighted by molar-refractivity contribution is 0.178. The summed E-state index contributed by atoms with van der Waals surface area (Å²) in [5.41, 5.74) is 2.41. The molecule has 120 valence electrons. The monoisotopic (exact) mass is 321 g/mol. The number of hydrogen-bond donors (Lipinski definition) is 0. The SMILES string of the molecule is COCc1nc2ncc3c(=O)n(-c4ccccc4C)ccc3n2n1. The molecule has 0 unspecified atom stereocenters. The number of aromatic nitrogens is 5. The van der Waals surface area contributed by atoms with Gasteiger partial charge in [0.25, 0.3) is 11.3 Å². The molecule has 3 aromatic heterocycles. The average molecular weight is 321 g/mol. The first-order valence-corrected chi connectivity index (χ1v) is 7.50. The standard InChI is InChI=1S/C17H15N5O2/c1-11-5-3-4-6-13(11)21-8-7-14-12(16(21)23)9-18-17-19-15(10-24-2)20-22(14)17/h3-9H,10H2,1-2H3. The fourth-order valence-corrected chi connectivity index (χ4v) is 2.77. The molecule has 0 saturated carbocycles. The Labute approximate surface area is 137 Å². The second-order valence-corrected chi connectivity index (χ2v) is 5.51. The summed E-state index contributed by atoms with van der Waals surface area (Å²) in [6.07, 6.45) is 3.30. The number of aryl methyl sites for hydroxylation is 1. The van der Waals surface area contributed by atoms with Crippen molar-refractivity contribution in [3.63, 3.8) is 0 Å². The highest BCUT2D eigenvalue weighted by atomic mass is 16.5. The van der Waals surface area contributed by atoms with Crippen molar-refractivity contribution in [3.8, 4) is 5.69 Å². The fraction of sp³-hybridized carbons (Fsp3) is 0.176. The number of rotatable bonds is 3. The van der Waals surface area contributed by atoms with Crippen LogP contribution < -0.4 is 5.56 Å². The van der Waals surface area contributed by atoms with Crippen molar-refractivity contribution in [2.24, 2.45) is 0 Å². The molecule has 0 aliphatic carbocycles. The van der Waals surface area contributed by atoms with Crippen LogP contribution in [0.2, 0.25) is 0 Å². The molecule has 7 nitrogen and oxygen atoms in total. The molecule has 1 aromatic carbocycles. The van der Waals surface area contributed by atoms with Crippen LogP contribution in [-0.4, -0.2) is 31.3 Å². The fourth-order valence-electron chi connectivity index (χ4n) is 2.77. The van der Waals surface area contributed by atoms with Gasteiger partial charge >= 0.3 is 0 Å². The first-order chi connectivity index (χ1) is 11.7. The van der Waals surface area contributed by atoms with E-state index in [1.54, 1.807) is 28.6 Å². The number of hydrogen-bond acceptors (Lipinski definition) is 5. The number of fused-ring (bicyclic) bond motifs is 3. The highest BCUT2D eigenvalue weighted by Gasteiger charge is 2.12. The van der Waals surface area contributed by atoms with Gasteiger partial charge in [0, 0.05) is 19.5 Å².